The van der Waals surface area contributed by atoms with E-state index in [2.05, 4.69) is 46.8 Å². The van der Waals surface area contributed by atoms with Gasteiger partial charge in [-0.25, -0.2) is 0 Å². The van der Waals surface area contributed by atoms with Crippen LogP contribution in [0.5, 0.6) is 23.0 Å². The summed E-state index contributed by atoms with van der Waals surface area (Å²) in [6.07, 6.45) is 12.0. The van der Waals surface area contributed by atoms with Crippen LogP contribution in [0.15, 0.2) is 108 Å². The largest absolute Gasteiger partial charge is 0.493 e. The number of hydrogen-bond donors (Lipinski definition) is 4. The predicted octanol–water partition coefficient (Wildman–Crippen LogP) is 9.33. The van der Waals surface area contributed by atoms with E-state index in [0.29, 0.717) is 103 Å². The number of anilines is 1. The van der Waals surface area contributed by atoms with Crippen LogP contribution in [0.2, 0.25) is 0 Å². The molecule has 4 N–H and O–H groups in total. The first-order chi connectivity index (χ1) is 40.3. The molecule has 0 aliphatic carbocycles. The first kappa shape index (κ1) is 60.0. The molecule has 0 bridgehead atoms. The number of benzene rings is 4. The normalized spacial score (nSPS) is 20.2. The molecule has 9 rings (SSSR count). The maximum Gasteiger partial charge on any atom is 0.261 e. The molecule has 0 saturated carbocycles. The molecule has 6 atom stereocenters. The lowest BCUT2D eigenvalue weighted by atomic mass is 9.91. The second-order valence-electron chi connectivity index (χ2n) is 22.8. The lowest BCUT2D eigenvalue weighted by molar-refractivity contribution is -0.133. The molecule has 5 heterocycles. The van der Waals surface area contributed by atoms with Crippen molar-refractivity contribution in [3.8, 4) is 23.0 Å². The van der Waals surface area contributed by atoms with E-state index in [-0.39, 0.29) is 67.1 Å². The van der Waals surface area contributed by atoms with Crippen LogP contribution in [0, 0.1) is 24.7 Å². The highest BCUT2D eigenvalue weighted by Gasteiger charge is 2.44. The van der Waals surface area contributed by atoms with Gasteiger partial charge in [0.15, 0.2) is 23.0 Å². The lowest BCUT2D eigenvalue weighted by Crippen LogP contribution is -2.53. The summed E-state index contributed by atoms with van der Waals surface area (Å²) in [5, 5.41) is 19.0. The lowest BCUT2D eigenvalue weighted by Gasteiger charge is -2.30. The molecule has 4 aromatic carbocycles. The number of hydrogen-bond acceptors (Lipinski definition) is 13. The molecular formula is C65H76N8O11. The number of aliphatic hydroxyl groups is 1. The van der Waals surface area contributed by atoms with Crippen molar-refractivity contribution < 1.29 is 52.8 Å². The highest BCUT2D eigenvalue weighted by Crippen LogP contribution is 2.45. The minimum absolute atomic E-state index is 0.0475. The zero-order valence-electron chi connectivity index (χ0n) is 49.1. The molecule has 0 radical (unpaired) electrons. The van der Waals surface area contributed by atoms with Gasteiger partial charge in [-0.15, -0.1) is 6.58 Å². The van der Waals surface area contributed by atoms with Gasteiger partial charge < -0.3 is 49.8 Å². The van der Waals surface area contributed by atoms with E-state index in [4.69, 9.17) is 28.9 Å². The standard InChI is InChI=1S/C65H76N8O11/c1-10-65-33-45(43-20-22-46(23-21-43)69-60(76)41(7)68-61(77)59(39(4)5)70-57(74)15-12-11-13-24-71-58(75)30-48(38(2)3)62(71)78)36-73(65)64(80)50-29-54(82-9)56(32-52(50)67-37-65)84-26-14-25-83-55-31-51-49(28-53(55)81-8)63(79)72-35-44(27-47(72)34-66-51)42-18-16-40(6)17-19-42/h10,16-23,28-29,31-32,34-39,41,47-48,59,62,78H,1,11-15,24-27,30,33H2,2-9H3,(H,68,77)(H,69,76)(H,70,74)/t41-,47-,48?,59-,62?,65-/m0/s1. The van der Waals surface area contributed by atoms with Gasteiger partial charge in [-0.2, -0.15) is 0 Å². The quantitative estimate of drug-likeness (QED) is 0.0382. The molecule has 0 aromatic heterocycles. The number of fused-ring (bicyclic) bond motifs is 4. The average Bonchev–Trinajstić information content (AvgIpc) is 3.72. The van der Waals surface area contributed by atoms with Crippen LogP contribution >= 0.6 is 0 Å². The van der Waals surface area contributed by atoms with E-state index >= 15 is 0 Å². The van der Waals surface area contributed by atoms with Crippen LogP contribution < -0.4 is 34.9 Å². The van der Waals surface area contributed by atoms with Gasteiger partial charge in [-0.3, -0.25) is 43.7 Å². The Balaban J connectivity index is 0.752. The van der Waals surface area contributed by atoms with Crippen LogP contribution in [0.25, 0.3) is 11.1 Å². The topological polar surface area (TPSA) is 230 Å². The highest BCUT2D eigenvalue weighted by molar-refractivity contribution is 6.08. The van der Waals surface area contributed by atoms with Gasteiger partial charge in [0.05, 0.1) is 56.0 Å². The van der Waals surface area contributed by atoms with Crippen molar-refractivity contribution in [3.63, 3.8) is 0 Å². The number of nitrogens with zero attached hydrogens (tertiary/aromatic N) is 5. The number of aryl methyl sites for hydroxylation is 1. The van der Waals surface area contributed by atoms with E-state index in [1.54, 1.807) is 71.6 Å². The van der Waals surface area contributed by atoms with Gasteiger partial charge >= 0.3 is 0 Å². The number of ether oxygens (including phenoxy) is 4. The van der Waals surface area contributed by atoms with Crippen LogP contribution in [-0.4, -0.2) is 132 Å². The number of carbonyl (C=O) groups excluding carboxylic acids is 6. The third-order valence-corrected chi connectivity index (χ3v) is 16.3. The van der Waals surface area contributed by atoms with Crippen molar-refractivity contribution in [1.29, 1.82) is 0 Å². The molecular weight excluding hydrogens is 1070 g/mol. The maximum atomic E-state index is 14.4. The Labute approximate surface area is 490 Å². The van der Waals surface area contributed by atoms with Crippen LogP contribution in [0.3, 0.4) is 0 Å². The molecule has 1 saturated heterocycles. The van der Waals surface area contributed by atoms with Crippen LogP contribution in [0.4, 0.5) is 17.1 Å². The molecule has 19 heteroatoms. The first-order valence-electron chi connectivity index (χ1n) is 28.9. The molecule has 84 heavy (non-hydrogen) atoms. The Kier molecular flexibility index (Phi) is 18.5. The molecule has 1 fully saturated rings. The summed E-state index contributed by atoms with van der Waals surface area (Å²) in [4.78, 5) is 94.9. The number of likely N-dealkylation sites (tertiary alicyclic amines) is 1. The first-order valence-corrected chi connectivity index (χ1v) is 28.9. The van der Waals surface area contributed by atoms with Gasteiger partial charge in [0.1, 0.15) is 23.9 Å². The summed E-state index contributed by atoms with van der Waals surface area (Å²) in [5.41, 5.74) is 6.08. The fourth-order valence-electron chi connectivity index (χ4n) is 11.2. The van der Waals surface area contributed by atoms with E-state index in [1.807, 2.05) is 59.2 Å². The molecule has 6 amide bonds. The van der Waals surface area contributed by atoms with E-state index in [1.165, 1.54) is 24.7 Å². The monoisotopic (exact) mass is 1140 g/mol. The van der Waals surface area contributed by atoms with Gasteiger partial charge in [-0.1, -0.05) is 82.2 Å². The molecule has 19 nitrogen and oxygen atoms in total. The molecule has 4 aromatic rings. The number of nitrogens with one attached hydrogen (secondary N) is 3. The zero-order chi connectivity index (χ0) is 60.0. The number of carbonyl (C=O) groups is 6. The second kappa shape index (κ2) is 25.9. The van der Waals surface area contributed by atoms with E-state index < -0.39 is 35.7 Å². The predicted molar refractivity (Wildman–Crippen MR) is 322 cm³/mol. The Hall–Kier alpha value is -8.58. The van der Waals surface area contributed by atoms with Crippen molar-refractivity contribution in [2.45, 2.75) is 123 Å². The number of rotatable bonds is 24. The number of methoxy groups -OCH3 is 2. The van der Waals surface area contributed by atoms with Crippen molar-refractivity contribution >= 4 is 76.1 Å². The third-order valence-electron chi connectivity index (χ3n) is 16.3. The van der Waals surface area contributed by atoms with Crippen molar-refractivity contribution in [3.05, 3.63) is 126 Å². The third kappa shape index (κ3) is 13.0. The molecule has 442 valence electrons. The summed E-state index contributed by atoms with van der Waals surface area (Å²) < 4.78 is 23.8. The molecule has 5 aliphatic heterocycles. The molecule has 2 unspecified atom stereocenters. The summed E-state index contributed by atoms with van der Waals surface area (Å²) in [5.74, 6) is -0.306. The number of amides is 6. The Morgan fingerprint density at radius 2 is 1.38 bits per heavy atom. The Morgan fingerprint density at radius 3 is 2.00 bits per heavy atom. The fraction of sp³-hybridized carbons (Fsp3) is 0.415. The minimum atomic E-state index is -0.988. The van der Waals surface area contributed by atoms with Crippen LogP contribution in [-0.2, 0) is 19.2 Å². The number of aliphatic hydroxyl groups excluding tert-OH is 1. The minimum Gasteiger partial charge on any atom is -0.493 e. The van der Waals surface area contributed by atoms with Crippen LogP contribution in [0.1, 0.15) is 123 Å². The van der Waals surface area contributed by atoms with Gasteiger partial charge in [0.25, 0.3) is 11.8 Å². The molecule has 0 spiro atoms. The molecule has 5 aliphatic rings. The summed E-state index contributed by atoms with van der Waals surface area (Å²) >= 11 is 0. The van der Waals surface area contributed by atoms with Gasteiger partial charge in [0, 0.05) is 87.2 Å². The smallest absolute Gasteiger partial charge is 0.261 e. The van der Waals surface area contributed by atoms with Crippen molar-refractivity contribution in [2.75, 3.05) is 39.3 Å². The van der Waals surface area contributed by atoms with Crippen molar-refractivity contribution in [2.24, 2.45) is 27.7 Å². The Bertz CT molecular complexity index is 3310. The second-order valence-corrected chi connectivity index (χ2v) is 22.8. The summed E-state index contributed by atoms with van der Waals surface area (Å²) in [6, 6.07) is 20.1. The number of unbranched alkanes of at least 4 members (excludes halogenated alkanes) is 2. The number of aliphatic imine (C=N–C) groups is 2. The average molecular weight is 1150 g/mol. The van der Waals surface area contributed by atoms with Crippen molar-refractivity contribution in [1.82, 2.24) is 25.3 Å². The highest BCUT2D eigenvalue weighted by atomic mass is 16.5. The van der Waals surface area contributed by atoms with Gasteiger partial charge in [0.2, 0.25) is 23.6 Å². The summed E-state index contributed by atoms with van der Waals surface area (Å²) in [7, 11) is 3.03. The Morgan fingerprint density at radius 1 is 0.750 bits per heavy atom. The zero-order valence-corrected chi connectivity index (χ0v) is 49.1. The van der Waals surface area contributed by atoms with Gasteiger partial charge in [-0.05, 0) is 85.1 Å². The fourth-order valence-corrected chi connectivity index (χ4v) is 11.2. The van der Waals surface area contributed by atoms with E-state index in [0.717, 1.165) is 22.3 Å². The summed E-state index contributed by atoms with van der Waals surface area (Å²) in [6.45, 7) is 16.3. The maximum absolute atomic E-state index is 14.4. The van der Waals surface area contributed by atoms with E-state index in [9.17, 15) is 33.9 Å². The SMILES string of the molecule is C=C[C@]12C=Nc3cc(OCCCOc4cc5c(cc4OC)C(=O)N4C=C(c6ccc(C)cc6)C[C@H]4C=N5)c(OC)cc3C(=O)N1C=C(c1ccc(NC(=O)[C@H](C)NC(=O)[C@@H](NC(=O)CCCCCN3C(=O)CC(C(C)C)C3O)C(C)C)cc1)C2.